The average molecular weight is 291 g/mol. The highest BCUT2D eigenvalue weighted by Crippen LogP contribution is 2.29. The Morgan fingerprint density at radius 1 is 1.14 bits per heavy atom. The number of nitriles is 1. The number of nitrogens with zero attached hydrogens (tertiary/aromatic N) is 1. The Hall–Kier alpha value is -2.40. The van der Waals surface area contributed by atoms with Crippen molar-refractivity contribution in [3.05, 3.63) is 76.1 Å². The molecule has 0 fully saturated rings. The van der Waals surface area contributed by atoms with E-state index >= 15 is 0 Å². The molecule has 1 aliphatic carbocycles. The van der Waals surface area contributed by atoms with Crippen molar-refractivity contribution in [2.24, 2.45) is 0 Å². The summed E-state index contributed by atoms with van der Waals surface area (Å²) in [5, 5.41) is 8.91. The minimum absolute atomic E-state index is 0.138. The van der Waals surface area contributed by atoms with Gasteiger partial charge < -0.3 is 0 Å². The molecular weight excluding hydrogens is 273 g/mol. The van der Waals surface area contributed by atoms with E-state index in [2.05, 4.69) is 37.3 Å². The van der Waals surface area contributed by atoms with E-state index in [9.17, 15) is 4.39 Å². The van der Waals surface area contributed by atoms with E-state index in [1.807, 2.05) is 6.07 Å². The number of aryl methyl sites for hydroxylation is 1. The molecule has 0 atom stereocenters. The first-order chi connectivity index (χ1) is 10.7. The molecule has 0 saturated carbocycles. The number of benzene rings is 2. The summed E-state index contributed by atoms with van der Waals surface area (Å²) in [7, 11) is 0. The number of hydrogen-bond donors (Lipinski definition) is 0. The van der Waals surface area contributed by atoms with Crippen molar-refractivity contribution in [2.75, 3.05) is 0 Å². The van der Waals surface area contributed by atoms with E-state index in [0.29, 0.717) is 0 Å². The average Bonchev–Trinajstić information content (AvgIpc) is 2.54. The number of rotatable bonds is 3. The van der Waals surface area contributed by atoms with Crippen LogP contribution in [0.15, 0.2) is 42.5 Å². The number of fused-ring (bicyclic) bond motifs is 1. The molecule has 2 heteroatoms. The Balaban J connectivity index is 1.86. The van der Waals surface area contributed by atoms with E-state index < -0.39 is 5.82 Å². The Labute approximate surface area is 130 Å². The lowest BCUT2D eigenvalue weighted by Crippen LogP contribution is -2.05. The summed E-state index contributed by atoms with van der Waals surface area (Å²) in [6, 6.07) is 13.8. The van der Waals surface area contributed by atoms with Gasteiger partial charge in [-0.3, -0.25) is 0 Å². The molecule has 1 aliphatic rings. The monoisotopic (exact) mass is 291 g/mol. The predicted octanol–water partition coefficient (Wildman–Crippen LogP) is 4.83. The van der Waals surface area contributed by atoms with Crippen LogP contribution >= 0.6 is 0 Å². The molecule has 22 heavy (non-hydrogen) atoms. The van der Waals surface area contributed by atoms with Crippen molar-refractivity contribution in [1.82, 2.24) is 0 Å². The third-order valence-corrected chi connectivity index (χ3v) is 4.22. The Morgan fingerprint density at radius 3 is 2.59 bits per heavy atom. The maximum absolute atomic E-state index is 13.8. The lowest BCUT2D eigenvalue weighted by Gasteiger charge is -2.18. The van der Waals surface area contributed by atoms with Crippen LogP contribution in [0.4, 0.5) is 4.39 Å². The topological polar surface area (TPSA) is 23.8 Å². The van der Waals surface area contributed by atoms with E-state index in [1.165, 1.54) is 22.8 Å². The fourth-order valence-corrected chi connectivity index (χ4v) is 3.00. The van der Waals surface area contributed by atoms with Gasteiger partial charge in [-0.25, -0.2) is 4.39 Å². The summed E-state index contributed by atoms with van der Waals surface area (Å²) in [5.41, 5.74) is 5.98. The Kier molecular flexibility index (Phi) is 4.06. The largest absolute Gasteiger partial charge is 0.206 e. The van der Waals surface area contributed by atoms with E-state index in [-0.39, 0.29) is 5.56 Å². The molecule has 0 saturated heterocycles. The second-order valence-electron chi connectivity index (χ2n) is 5.77. The second-order valence-corrected chi connectivity index (χ2v) is 5.77. The molecule has 3 rings (SSSR count). The minimum Gasteiger partial charge on any atom is -0.206 e. The normalized spacial score (nSPS) is 13.2. The van der Waals surface area contributed by atoms with Gasteiger partial charge in [0.2, 0.25) is 0 Å². The highest BCUT2D eigenvalue weighted by atomic mass is 19.1. The number of halogens is 1. The van der Waals surface area contributed by atoms with E-state index in [4.69, 9.17) is 5.26 Å². The maximum atomic E-state index is 13.8. The molecule has 0 aromatic heterocycles. The molecule has 2 aromatic rings. The quantitative estimate of drug-likeness (QED) is 0.794. The van der Waals surface area contributed by atoms with E-state index in [0.717, 1.165) is 36.8 Å². The van der Waals surface area contributed by atoms with Crippen LogP contribution < -0.4 is 0 Å². The minimum atomic E-state index is -0.416. The molecule has 0 heterocycles. The van der Waals surface area contributed by atoms with Crippen LogP contribution in [-0.2, 0) is 19.3 Å². The predicted molar refractivity (Wildman–Crippen MR) is 86.9 cm³/mol. The van der Waals surface area contributed by atoms with Gasteiger partial charge in [-0.15, -0.1) is 0 Å². The van der Waals surface area contributed by atoms with Crippen LogP contribution in [-0.4, -0.2) is 0 Å². The zero-order valence-electron chi connectivity index (χ0n) is 12.7. The van der Waals surface area contributed by atoms with Crippen LogP contribution in [0.25, 0.3) is 5.57 Å². The first-order valence-corrected chi connectivity index (χ1v) is 7.71. The van der Waals surface area contributed by atoms with Gasteiger partial charge in [0.1, 0.15) is 11.9 Å². The van der Waals surface area contributed by atoms with Gasteiger partial charge >= 0.3 is 0 Å². The van der Waals surface area contributed by atoms with Gasteiger partial charge in [-0.2, -0.15) is 5.26 Å². The Bertz CT molecular complexity index is 764. The zero-order valence-corrected chi connectivity index (χ0v) is 12.7. The van der Waals surface area contributed by atoms with Crippen molar-refractivity contribution >= 4 is 5.57 Å². The van der Waals surface area contributed by atoms with Crippen LogP contribution in [0.2, 0.25) is 0 Å². The van der Waals surface area contributed by atoms with Gasteiger partial charge in [0, 0.05) is 0 Å². The first-order valence-electron chi connectivity index (χ1n) is 7.71. The van der Waals surface area contributed by atoms with Gasteiger partial charge in [0.25, 0.3) is 0 Å². The van der Waals surface area contributed by atoms with Crippen molar-refractivity contribution in [2.45, 2.75) is 32.6 Å². The Morgan fingerprint density at radius 2 is 1.91 bits per heavy atom. The summed E-state index contributed by atoms with van der Waals surface area (Å²) in [6.07, 6.45) is 5.93. The van der Waals surface area contributed by atoms with Crippen molar-refractivity contribution in [3.63, 3.8) is 0 Å². The third-order valence-electron chi connectivity index (χ3n) is 4.22. The van der Waals surface area contributed by atoms with Gasteiger partial charge in [0.05, 0.1) is 5.56 Å². The molecule has 2 aromatic carbocycles. The smallest absolute Gasteiger partial charge is 0.141 e. The summed E-state index contributed by atoms with van der Waals surface area (Å²) in [4.78, 5) is 0. The van der Waals surface area contributed by atoms with Crippen LogP contribution in [0.5, 0.6) is 0 Å². The zero-order chi connectivity index (χ0) is 15.5. The van der Waals surface area contributed by atoms with Gasteiger partial charge in [-0.05, 0) is 59.2 Å². The van der Waals surface area contributed by atoms with Gasteiger partial charge in [-0.1, -0.05) is 43.7 Å². The van der Waals surface area contributed by atoms with Crippen molar-refractivity contribution < 1.29 is 4.39 Å². The summed E-state index contributed by atoms with van der Waals surface area (Å²) in [6.45, 7) is 2.18. The molecular formula is C20H18FN. The SMILES string of the molecule is CCCc1ccc(C2=CCc3cc(C#N)c(F)cc3C2)cc1. The maximum Gasteiger partial charge on any atom is 0.141 e. The fraction of sp³-hybridized carbons (Fsp3) is 0.250. The third kappa shape index (κ3) is 2.80. The molecule has 0 bridgehead atoms. The molecule has 0 N–H and O–H groups in total. The summed E-state index contributed by atoms with van der Waals surface area (Å²) in [5.74, 6) is -0.416. The number of allylic oxidation sites excluding steroid dienone is 2. The lowest BCUT2D eigenvalue weighted by atomic mass is 9.87. The van der Waals surface area contributed by atoms with Crippen molar-refractivity contribution in [1.29, 1.82) is 5.26 Å². The highest BCUT2D eigenvalue weighted by Gasteiger charge is 2.15. The van der Waals surface area contributed by atoms with Crippen molar-refractivity contribution in [3.8, 4) is 6.07 Å². The molecule has 0 unspecified atom stereocenters. The van der Waals surface area contributed by atoms with Crippen LogP contribution in [0, 0.1) is 17.1 Å². The van der Waals surface area contributed by atoms with Gasteiger partial charge in [0.15, 0.2) is 0 Å². The molecule has 0 spiro atoms. The van der Waals surface area contributed by atoms with E-state index in [1.54, 1.807) is 6.07 Å². The lowest BCUT2D eigenvalue weighted by molar-refractivity contribution is 0.621. The molecule has 0 amide bonds. The number of hydrogen-bond acceptors (Lipinski definition) is 1. The summed E-state index contributed by atoms with van der Waals surface area (Å²) < 4.78 is 13.8. The second kappa shape index (κ2) is 6.15. The highest BCUT2D eigenvalue weighted by molar-refractivity contribution is 5.71. The molecule has 0 aliphatic heterocycles. The van der Waals surface area contributed by atoms with Crippen LogP contribution in [0.1, 0.15) is 41.2 Å². The standard InChI is InChI=1S/C20H18FN/c1-2-3-14-4-6-15(7-5-14)16-8-9-17-11-19(13-22)20(21)12-18(17)10-16/h4-8,11-12H,2-3,9-10H2,1H3. The summed E-state index contributed by atoms with van der Waals surface area (Å²) >= 11 is 0. The molecule has 0 radical (unpaired) electrons. The fourth-order valence-electron chi connectivity index (χ4n) is 3.00. The van der Waals surface area contributed by atoms with Crippen LogP contribution in [0.3, 0.4) is 0 Å². The molecule has 1 nitrogen and oxygen atoms in total. The molecule has 110 valence electrons. The first kappa shape index (κ1) is 14.5.